The molecule has 0 aliphatic carbocycles. The number of benzene rings is 1. The maximum atomic E-state index is 11.7. The molecule has 1 atom stereocenters. The second-order valence-corrected chi connectivity index (χ2v) is 5.83. The van der Waals surface area contributed by atoms with Gasteiger partial charge in [0, 0.05) is 12.8 Å². The summed E-state index contributed by atoms with van der Waals surface area (Å²) in [6, 6.07) is 9.54. The van der Waals surface area contributed by atoms with E-state index >= 15 is 0 Å². The van der Waals surface area contributed by atoms with Gasteiger partial charge in [0.1, 0.15) is 5.25 Å². The quantitative estimate of drug-likeness (QED) is 0.692. The Hall–Kier alpha value is -2.35. The number of thioether (sulfide) groups is 1. The van der Waals surface area contributed by atoms with Crippen molar-refractivity contribution in [1.82, 2.24) is 10.7 Å². The van der Waals surface area contributed by atoms with Crippen molar-refractivity contribution in [1.29, 1.82) is 0 Å². The fourth-order valence-corrected chi connectivity index (χ4v) is 2.68. The zero-order valence-corrected chi connectivity index (χ0v) is 12.4. The molecular formula is C14H15N3O4S. The molecule has 8 heteroatoms. The van der Waals surface area contributed by atoms with Gasteiger partial charge in [0.15, 0.2) is 5.17 Å². The van der Waals surface area contributed by atoms with E-state index in [4.69, 9.17) is 5.11 Å². The monoisotopic (exact) mass is 321 g/mol. The van der Waals surface area contributed by atoms with Crippen LogP contribution in [0.3, 0.4) is 0 Å². The first-order valence-electron chi connectivity index (χ1n) is 6.64. The summed E-state index contributed by atoms with van der Waals surface area (Å²) < 4.78 is 0. The summed E-state index contributed by atoms with van der Waals surface area (Å²) in [6.07, 6.45) is 0.720. The van der Waals surface area contributed by atoms with E-state index in [9.17, 15) is 14.4 Å². The van der Waals surface area contributed by atoms with E-state index < -0.39 is 17.1 Å². The van der Waals surface area contributed by atoms with Gasteiger partial charge in [-0.05, 0) is 12.0 Å². The Balaban J connectivity index is 1.83. The molecule has 7 nitrogen and oxygen atoms in total. The minimum atomic E-state index is -1.08. The van der Waals surface area contributed by atoms with Crippen LogP contribution in [0.4, 0.5) is 0 Å². The van der Waals surface area contributed by atoms with E-state index in [2.05, 4.69) is 15.8 Å². The molecule has 0 aromatic heterocycles. The molecule has 116 valence electrons. The van der Waals surface area contributed by atoms with Crippen molar-refractivity contribution in [2.75, 3.05) is 0 Å². The molecular weight excluding hydrogens is 306 g/mol. The number of carbonyl (C=O) groups excluding carboxylic acids is 2. The van der Waals surface area contributed by atoms with Crippen molar-refractivity contribution in [3.05, 3.63) is 35.9 Å². The normalized spacial score (nSPS) is 19.5. The van der Waals surface area contributed by atoms with Gasteiger partial charge in [-0.3, -0.25) is 14.4 Å². The van der Waals surface area contributed by atoms with E-state index in [0.717, 1.165) is 17.3 Å². The van der Waals surface area contributed by atoms with Crippen LogP contribution < -0.4 is 10.7 Å². The maximum Gasteiger partial charge on any atom is 0.317 e. The standard InChI is InChI=1S/C14H15N3O4S/c18-11(7-6-9-4-2-1-3-5-9)16-17-14-15-12(19)8-10(22-14)13(20)21/h1-5,10H,6-8H2,(H,16,18)(H,20,21)(H,15,17,19)/t10-/m1/s1. The molecule has 1 aliphatic heterocycles. The lowest BCUT2D eigenvalue weighted by atomic mass is 10.1. The predicted octanol–water partition coefficient (Wildman–Crippen LogP) is 0.713. The number of aliphatic carboxylic acids is 1. The van der Waals surface area contributed by atoms with E-state index in [1.165, 1.54) is 0 Å². The second kappa shape index (κ2) is 7.60. The summed E-state index contributed by atoms with van der Waals surface area (Å²) in [6.45, 7) is 0. The SMILES string of the molecule is O=C(CCc1ccccc1)NN=C1NC(=O)C[C@H](C(=O)O)S1. The van der Waals surface area contributed by atoms with Crippen LogP contribution in [0.25, 0.3) is 0 Å². The highest BCUT2D eigenvalue weighted by Crippen LogP contribution is 2.20. The van der Waals surface area contributed by atoms with Crippen molar-refractivity contribution in [3.63, 3.8) is 0 Å². The number of aryl methyl sites for hydroxylation is 1. The van der Waals surface area contributed by atoms with Gasteiger partial charge in [0.25, 0.3) is 0 Å². The Morgan fingerprint density at radius 2 is 2.09 bits per heavy atom. The fourth-order valence-electron chi connectivity index (χ4n) is 1.81. The molecule has 3 N–H and O–H groups in total. The van der Waals surface area contributed by atoms with Crippen LogP contribution >= 0.6 is 11.8 Å². The van der Waals surface area contributed by atoms with Crippen molar-refractivity contribution in [2.24, 2.45) is 5.10 Å². The molecule has 0 radical (unpaired) electrons. The smallest absolute Gasteiger partial charge is 0.317 e. The number of carbonyl (C=O) groups is 3. The van der Waals surface area contributed by atoms with Gasteiger partial charge in [0.05, 0.1) is 0 Å². The highest BCUT2D eigenvalue weighted by molar-refractivity contribution is 8.15. The number of nitrogens with one attached hydrogen (secondary N) is 2. The summed E-state index contributed by atoms with van der Waals surface area (Å²) in [5, 5.41) is 14.3. The molecule has 1 aromatic rings. The average Bonchev–Trinajstić information content (AvgIpc) is 2.51. The molecule has 1 heterocycles. The Kier molecular flexibility index (Phi) is 5.54. The number of hydrogen-bond acceptors (Lipinski definition) is 5. The van der Waals surface area contributed by atoms with Gasteiger partial charge in [0.2, 0.25) is 11.8 Å². The second-order valence-electron chi connectivity index (χ2n) is 4.63. The third kappa shape index (κ3) is 4.88. The zero-order valence-electron chi connectivity index (χ0n) is 11.6. The Labute approximate surface area is 131 Å². The summed E-state index contributed by atoms with van der Waals surface area (Å²) >= 11 is 0.904. The third-order valence-corrected chi connectivity index (χ3v) is 3.98. The summed E-state index contributed by atoms with van der Waals surface area (Å²) in [5.41, 5.74) is 3.36. The lowest BCUT2D eigenvalue weighted by molar-refractivity contribution is -0.138. The van der Waals surface area contributed by atoms with Crippen molar-refractivity contribution in [2.45, 2.75) is 24.5 Å². The number of carboxylic acids is 1. The number of rotatable bonds is 5. The number of hydrogen-bond donors (Lipinski definition) is 3. The lowest BCUT2D eigenvalue weighted by Crippen LogP contribution is -2.41. The minimum Gasteiger partial charge on any atom is -0.480 e. The highest BCUT2D eigenvalue weighted by atomic mass is 32.2. The summed E-state index contributed by atoms with van der Waals surface area (Å²) in [7, 11) is 0. The first-order valence-corrected chi connectivity index (χ1v) is 7.52. The number of amidine groups is 1. The number of carboxylic acid groups (broad SMARTS) is 1. The number of amides is 2. The van der Waals surface area contributed by atoms with Gasteiger partial charge in [-0.15, -0.1) is 5.10 Å². The lowest BCUT2D eigenvalue weighted by Gasteiger charge is -2.19. The molecule has 0 unspecified atom stereocenters. The van der Waals surface area contributed by atoms with Gasteiger partial charge >= 0.3 is 5.97 Å². The molecule has 0 bridgehead atoms. The molecule has 2 rings (SSSR count). The number of nitrogens with zero attached hydrogens (tertiary/aromatic N) is 1. The summed E-state index contributed by atoms with van der Waals surface area (Å²) in [4.78, 5) is 34.0. The first-order chi connectivity index (χ1) is 10.5. The van der Waals surface area contributed by atoms with Crippen LogP contribution in [-0.4, -0.2) is 33.3 Å². The Morgan fingerprint density at radius 3 is 2.77 bits per heavy atom. The third-order valence-electron chi connectivity index (χ3n) is 2.91. The van der Waals surface area contributed by atoms with Gasteiger partial charge < -0.3 is 10.4 Å². The van der Waals surface area contributed by atoms with Crippen LogP contribution in [0.15, 0.2) is 35.4 Å². The molecule has 0 saturated carbocycles. The van der Waals surface area contributed by atoms with Crippen LogP contribution in [0, 0.1) is 0 Å². The van der Waals surface area contributed by atoms with E-state index in [1.54, 1.807) is 0 Å². The maximum absolute atomic E-state index is 11.7. The van der Waals surface area contributed by atoms with E-state index in [-0.39, 0.29) is 23.9 Å². The van der Waals surface area contributed by atoms with Crippen molar-refractivity contribution in [3.8, 4) is 0 Å². The predicted molar refractivity (Wildman–Crippen MR) is 82.1 cm³/mol. The van der Waals surface area contributed by atoms with Gasteiger partial charge in [-0.2, -0.15) is 0 Å². The van der Waals surface area contributed by atoms with Crippen LogP contribution in [-0.2, 0) is 20.8 Å². The molecule has 1 fully saturated rings. The molecule has 1 saturated heterocycles. The highest BCUT2D eigenvalue weighted by Gasteiger charge is 2.30. The largest absolute Gasteiger partial charge is 0.480 e. The van der Waals surface area contributed by atoms with Crippen LogP contribution in [0.1, 0.15) is 18.4 Å². The van der Waals surface area contributed by atoms with E-state index in [0.29, 0.717) is 6.42 Å². The van der Waals surface area contributed by atoms with Crippen molar-refractivity contribution >= 4 is 34.7 Å². The number of hydrazone groups is 1. The van der Waals surface area contributed by atoms with E-state index in [1.807, 2.05) is 30.3 Å². The van der Waals surface area contributed by atoms with Gasteiger partial charge in [-0.25, -0.2) is 5.43 Å². The average molecular weight is 321 g/mol. The molecule has 1 aromatic carbocycles. The minimum absolute atomic E-state index is 0.0942. The summed E-state index contributed by atoms with van der Waals surface area (Å²) in [5.74, 6) is -1.81. The zero-order chi connectivity index (χ0) is 15.9. The Morgan fingerprint density at radius 1 is 1.36 bits per heavy atom. The molecule has 0 spiro atoms. The van der Waals surface area contributed by atoms with Crippen LogP contribution in [0.2, 0.25) is 0 Å². The van der Waals surface area contributed by atoms with Gasteiger partial charge in [-0.1, -0.05) is 42.1 Å². The van der Waals surface area contributed by atoms with Crippen LogP contribution in [0.5, 0.6) is 0 Å². The molecule has 2 amide bonds. The van der Waals surface area contributed by atoms with Crippen molar-refractivity contribution < 1.29 is 19.5 Å². The first kappa shape index (κ1) is 16.0. The fraction of sp³-hybridized carbons (Fsp3) is 0.286. The molecule has 1 aliphatic rings. The topological polar surface area (TPSA) is 108 Å². The molecule has 22 heavy (non-hydrogen) atoms. The Bertz CT molecular complexity index is 603.